The molecule has 0 saturated carbocycles. The zero-order valence-corrected chi connectivity index (χ0v) is 13.8. The summed E-state index contributed by atoms with van der Waals surface area (Å²) in [6, 6.07) is 3.55. The van der Waals surface area contributed by atoms with Crippen LogP contribution in [0, 0.1) is 0 Å². The molecular formula is C15H17N7O4. The van der Waals surface area contributed by atoms with Crippen LogP contribution in [0.1, 0.15) is 5.56 Å². The lowest BCUT2D eigenvalue weighted by Gasteiger charge is -2.11. The lowest BCUT2D eigenvalue weighted by atomic mass is 10.3. The van der Waals surface area contributed by atoms with Crippen molar-refractivity contribution in [3.63, 3.8) is 0 Å². The molecule has 0 aromatic carbocycles. The summed E-state index contributed by atoms with van der Waals surface area (Å²) in [6.07, 6.45) is 3.63. The second-order valence-corrected chi connectivity index (χ2v) is 5.53. The van der Waals surface area contributed by atoms with Crippen molar-refractivity contribution in [1.82, 2.24) is 24.1 Å². The number of hydrogen-bond acceptors (Lipinski definition) is 8. The molecular weight excluding hydrogens is 342 g/mol. The zero-order valence-electron chi connectivity index (χ0n) is 13.8. The Kier molecular flexibility index (Phi) is 4.91. The number of imidazole rings is 1. The number of hydrogen-bond donors (Lipinski definition) is 4. The topological polar surface area (TPSA) is 150 Å². The van der Waals surface area contributed by atoms with Crippen molar-refractivity contribution in [3.8, 4) is 0 Å². The van der Waals surface area contributed by atoms with Crippen molar-refractivity contribution in [2.75, 3.05) is 12.0 Å². The highest BCUT2D eigenvalue weighted by molar-refractivity contribution is 5.80. The molecule has 3 aromatic rings. The quantitative estimate of drug-likeness (QED) is 0.313. The predicted octanol–water partition coefficient (Wildman–Crippen LogP) is -1.38. The van der Waals surface area contributed by atoms with Gasteiger partial charge < -0.3 is 14.8 Å². The van der Waals surface area contributed by atoms with Gasteiger partial charge in [0.15, 0.2) is 11.2 Å². The van der Waals surface area contributed by atoms with E-state index in [1.807, 2.05) is 0 Å². The van der Waals surface area contributed by atoms with Gasteiger partial charge in [0, 0.05) is 25.0 Å². The number of aryl methyl sites for hydroxylation is 1. The van der Waals surface area contributed by atoms with E-state index < -0.39 is 24.0 Å². The summed E-state index contributed by atoms with van der Waals surface area (Å²) in [4.78, 5) is 34.3. The fraction of sp³-hybridized carbons (Fsp3) is 0.267. The highest BCUT2D eigenvalue weighted by Gasteiger charge is 2.19. The number of hydrazone groups is 1. The molecule has 4 N–H and O–H groups in total. The standard InChI is InChI=1S/C15H17N7O4/c1-21-12-11(13(25)19-15(21)26)22(7-10(24)8-23)14(18-12)20-17-6-9-3-2-4-16-5-9/h2-6,10,23-24H,7-8H2,1H3,(H,18,20)(H,19,25,26)/b17-6-/t10-/m0/s1. The van der Waals surface area contributed by atoms with Gasteiger partial charge in [-0.25, -0.2) is 10.2 Å². The van der Waals surface area contributed by atoms with Crippen molar-refractivity contribution in [2.24, 2.45) is 12.1 Å². The van der Waals surface area contributed by atoms with E-state index in [0.717, 1.165) is 5.56 Å². The number of anilines is 1. The molecule has 0 bridgehead atoms. The van der Waals surface area contributed by atoms with E-state index in [0.29, 0.717) is 0 Å². The molecule has 0 radical (unpaired) electrons. The smallest absolute Gasteiger partial charge is 0.329 e. The Morgan fingerprint density at radius 2 is 2.27 bits per heavy atom. The summed E-state index contributed by atoms with van der Waals surface area (Å²) in [5, 5.41) is 22.9. The van der Waals surface area contributed by atoms with Gasteiger partial charge in [0.2, 0.25) is 5.95 Å². The van der Waals surface area contributed by atoms with Crippen LogP contribution in [0.4, 0.5) is 5.95 Å². The van der Waals surface area contributed by atoms with Crippen LogP contribution in [0.25, 0.3) is 11.2 Å². The highest BCUT2D eigenvalue weighted by atomic mass is 16.3. The molecule has 3 aromatic heterocycles. The van der Waals surface area contributed by atoms with Crippen molar-refractivity contribution in [3.05, 3.63) is 50.9 Å². The monoisotopic (exact) mass is 359 g/mol. The maximum atomic E-state index is 12.2. The SMILES string of the molecule is Cn1c(=O)[nH]c(=O)c2c1nc(N/N=C\c1cccnc1)n2C[C@H](O)CO. The minimum atomic E-state index is -1.12. The fourth-order valence-electron chi connectivity index (χ4n) is 2.38. The maximum absolute atomic E-state index is 12.2. The summed E-state index contributed by atoms with van der Waals surface area (Å²) in [7, 11) is 1.46. The van der Waals surface area contributed by atoms with Gasteiger partial charge in [0.25, 0.3) is 5.56 Å². The first-order chi connectivity index (χ1) is 12.5. The average Bonchev–Trinajstić information content (AvgIpc) is 2.99. The first-order valence-electron chi connectivity index (χ1n) is 7.69. The number of nitrogens with zero attached hydrogens (tertiary/aromatic N) is 5. The molecule has 0 aliphatic rings. The van der Waals surface area contributed by atoms with Crippen LogP contribution in [0.2, 0.25) is 0 Å². The molecule has 11 nitrogen and oxygen atoms in total. The van der Waals surface area contributed by atoms with Crippen molar-refractivity contribution in [2.45, 2.75) is 12.6 Å². The van der Waals surface area contributed by atoms with Gasteiger partial charge in [0.05, 0.1) is 25.5 Å². The van der Waals surface area contributed by atoms with Crippen molar-refractivity contribution >= 4 is 23.3 Å². The molecule has 0 aliphatic heterocycles. The van der Waals surface area contributed by atoms with Gasteiger partial charge in [-0.3, -0.25) is 19.3 Å². The van der Waals surface area contributed by atoms with Crippen LogP contribution in [0.3, 0.4) is 0 Å². The van der Waals surface area contributed by atoms with E-state index in [1.54, 1.807) is 24.5 Å². The molecule has 1 atom stereocenters. The van der Waals surface area contributed by atoms with E-state index in [1.165, 1.54) is 22.4 Å². The van der Waals surface area contributed by atoms with Crippen LogP contribution < -0.4 is 16.7 Å². The predicted molar refractivity (Wildman–Crippen MR) is 94.1 cm³/mol. The van der Waals surface area contributed by atoms with Crippen LogP contribution in [-0.4, -0.2) is 53.2 Å². The largest absolute Gasteiger partial charge is 0.394 e. The summed E-state index contributed by atoms with van der Waals surface area (Å²) in [6.45, 7) is -0.610. The van der Waals surface area contributed by atoms with Crippen LogP contribution in [-0.2, 0) is 13.6 Å². The Balaban J connectivity index is 2.05. The van der Waals surface area contributed by atoms with Gasteiger partial charge in [-0.2, -0.15) is 10.1 Å². The first-order valence-corrected chi connectivity index (χ1v) is 7.69. The number of rotatable bonds is 6. The summed E-state index contributed by atoms with van der Waals surface area (Å²) in [5.41, 5.74) is 2.38. The molecule has 0 saturated heterocycles. The third-order valence-corrected chi connectivity index (χ3v) is 3.67. The number of fused-ring (bicyclic) bond motifs is 1. The van der Waals surface area contributed by atoms with E-state index in [-0.39, 0.29) is 23.7 Å². The molecule has 0 amide bonds. The average molecular weight is 359 g/mol. The third-order valence-electron chi connectivity index (χ3n) is 3.67. The summed E-state index contributed by atoms with van der Waals surface area (Å²) < 4.78 is 2.53. The number of aliphatic hydroxyl groups is 2. The van der Waals surface area contributed by atoms with Gasteiger partial charge in [0.1, 0.15) is 0 Å². The molecule has 3 heterocycles. The molecule has 3 rings (SSSR count). The third kappa shape index (κ3) is 3.38. The summed E-state index contributed by atoms with van der Waals surface area (Å²) in [5.74, 6) is 0.138. The van der Waals surface area contributed by atoms with Gasteiger partial charge in [-0.05, 0) is 6.07 Å². The second kappa shape index (κ2) is 7.29. The summed E-state index contributed by atoms with van der Waals surface area (Å²) >= 11 is 0. The van der Waals surface area contributed by atoms with Crippen LogP contribution in [0.15, 0.2) is 39.2 Å². The van der Waals surface area contributed by atoms with Crippen LogP contribution in [0.5, 0.6) is 0 Å². The fourth-order valence-corrected chi connectivity index (χ4v) is 2.38. The van der Waals surface area contributed by atoms with Crippen LogP contribution >= 0.6 is 0 Å². The zero-order chi connectivity index (χ0) is 18.7. The minimum absolute atomic E-state index is 0.0821. The molecule has 0 aliphatic carbocycles. The minimum Gasteiger partial charge on any atom is -0.394 e. The second-order valence-electron chi connectivity index (χ2n) is 5.53. The number of pyridine rings is 1. The van der Waals surface area contributed by atoms with E-state index >= 15 is 0 Å². The maximum Gasteiger partial charge on any atom is 0.329 e. The Bertz CT molecular complexity index is 1050. The van der Waals surface area contributed by atoms with Gasteiger partial charge >= 0.3 is 5.69 Å². The number of aliphatic hydroxyl groups excluding tert-OH is 2. The van der Waals surface area contributed by atoms with E-state index in [2.05, 4.69) is 25.5 Å². The molecule has 11 heteroatoms. The van der Waals surface area contributed by atoms with E-state index in [9.17, 15) is 14.7 Å². The highest BCUT2D eigenvalue weighted by Crippen LogP contribution is 2.16. The van der Waals surface area contributed by atoms with Crippen molar-refractivity contribution in [1.29, 1.82) is 0 Å². The lowest BCUT2D eigenvalue weighted by molar-refractivity contribution is 0.0825. The van der Waals surface area contributed by atoms with E-state index in [4.69, 9.17) is 5.11 Å². The van der Waals surface area contributed by atoms with Crippen molar-refractivity contribution < 1.29 is 10.2 Å². The Morgan fingerprint density at radius 1 is 1.46 bits per heavy atom. The normalized spacial score (nSPS) is 12.7. The molecule has 136 valence electrons. The Morgan fingerprint density at radius 3 is 2.96 bits per heavy atom. The molecule has 26 heavy (non-hydrogen) atoms. The molecule has 0 unspecified atom stereocenters. The number of aromatic amines is 1. The number of H-pyrrole nitrogens is 1. The lowest BCUT2D eigenvalue weighted by Crippen LogP contribution is -2.30. The van der Waals surface area contributed by atoms with Gasteiger partial charge in [-0.1, -0.05) is 6.07 Å². The Hall–Kier alpha value is -3.31. The molecule has 0 fully saturated rings. The first kappa shape index (κ1) is 17.5. The van der Waals surface area contributed by atoms with Gasteiger partial charge in [-0.15, -0.1) is 0 Å². The molecule has 0 spiro atoms. The number of nitrogens with one attached hydrogen (secondary N) is 2. The number of aromatic nitrogens is 5. The Labute approximate surface area is 146 Å².